The molecular weight excluding hydrogens is 260 g/mol. The van der Waals surface area contributed by atoms with Crippen molar-refractivity contribution in [1.29, 1.82) is 0 Å². The quantitative estimate of drug-likeness (QED) is 0.692. The predicted octanol–water partition coefficient (Wildman–Crippen LogP) is -0.343. The number of carbonyl (C=O) groups is 3. The molecule has 2 fully saturated rings. The van der Waals surface area contributed by atoms with Crippen LogP contribution in [0.3, 0.4) is 0 Å². The van der Waals surface area contributed by atoms with Crippen LogP contribution in [-0.4, -0.2) is 58.9 Å². The third kappa shape index (κ3) is 2.49. The number of amides is 4. The second-order valence-corrected chi connectivity index (χ2v) is 5.88. The zero-order valence-corrected chi connectivity index (χ0v) is 12.0. The van der Waals surface area contributed by atoms with Crippen molar-refractivity contribution in [3.05, 3.63) is 0 Å². The first kappa shape index (κ1) is 14.8. The molecule has 2 rings (SSSR count). The molecule has 2 aliphatic heterocycles. The van der Waals surface area contributed by atoms with Crippen LogP contribution in [0.4, 0.5) is 4.79 Å². The number of urea groups is 1. The molecule has 0 saturated carbocycles. The van der Waals surface area contributed by atoms with Gasteiger partial charge in [0.05, 0.1) is 0 Å². The highest BCUT2D eigenvalue weighted by Gasteiger charge is 2.46. The molecule has 0 aromatic carbocycles. The van der Waals surface area contributed by atoms with Gasteiger partial charge in [0.1, 0.15) is 12.1 Å². The molecule has 20 heavy (non-hydrogen) atoms. The zero-order chi connectivity index (χ0) is 14.9. The minimum Gasteiger partial charge on any atom is -0.337 e. The molecule has 0 aliphatic carbocycles. The van der Waals surface area contributed by atoms with Crippen molar-refractivity contribution in [3.8, 4) is 0 Å². The van der Waals surface area contributed by atoms with Crippen LogP contribution in [0.1, 0.15) is 33.1 Å². The Morgan fingerprint density at radius 1 is 1.40 bits per heavy atom. The topological polar surface area (TPSA) is 95.7 Å². The Labute approximate surface area is 118 Å². The summed E-state index contributed by atoms with van der Waals surface area (Å²) in [6.45, 7) is 4.29. The highest BCUT2D eigenvalue weighted by molar-refractivity contribution is 6.07. The summed E-state index contributed by atoms with van der Waals surface area (Å²) in [6, 6.07) is -0.463. The highest BCUT2D eigenvalue weighted by Crippen LogP contribution is 2.22. The van der Waals surface area contributed by atoms with E-state index in [0.717, 1.165) is 19.3 Å². The van der Waals surface area contributed by atoms with Gasteiger partial charge in [-0.15, -0.1) is 0 Å². The van der Waals surface area contributed by atoms with E-state index >= 15 is 0 Å². The standard InChI is InChI=1S/C13H22N4O3/c1-13(2)11(19)15-12(20)17(13)8-10(18)16-6-4-3-5-9(16)7-14/h9H,3-8,14H2,1-2H3,(H,15,19,20). The van der Waals surface area contributed by atoms with E-state index in [2.05, 4.69) is 5.32 Å². The molecule has 3 N–H and O–H groups in total. The minimum atomic E-state index is -0.985. The Kier molecular flexibility index (Phi) is 3.99. The monoisotopic (exact) mass is 282 g/mol. The number of nitrogens with one attached hydrogen (secondary N) is 1. The van der Waals surface area contributed by atoms with Gasteiger partial charge in [-0.3, -0.25) is 14.9 Å². The molecule has 112 valence electrons. The fourth-order valence-electron chi connectivity index (χ4n) is 2.76. The number of piperidine rings is 1. The maximum Gasteiger partial charge on any atom is 0.325 e. The van der Waals surface area contributed by atoms with E-state index in [0.29, 0.717) is 13.1 Å². The van der Waals surface area contributed by atoms with Gasteiger partial charge in [-0.1, -0.05) is 0 Å². The lowest BCUT2D eigenvalue weighted by Crippen LogP contribution is -2.54. The highest BCUT2D eigenvalue weighted by atomic mass is 16.2. The summed E-state index contributed by atoms with van der Waals surface area (Å²) in [5, 5.41) is 2.24. The van der Waals surface area contributed by atoms with Crippen LogP contribution in [0, 0.1) is 0 Å². The van der Waals surface area contributed by atoms with E-state index in [4.69, 9.17) is 5.73 Å². The average Bonchev–Trinajstić information content (AvgIpc) is 2.61. The van der Waals surface area contributed by atoms with Crippen LogP contribution in [0.5, 0.6) is 0 Å². The number of rotatable bonds is 3. The number of carbonyl (C=O) groups excluding carboxylic acids is 3. The molecule has 2 saturated heterocycles. The third-order valence-corrected chi connectivity index (χ3v) is 4.21. The molecule has 7 heteroatoms. The van der Waals surface area contributed by atoms with Gasteiger partial charge in [0.2, 0.25) is 5.91 Å². The van der Waals surface area contributed by atoms with Gasteiger partial charge in [0.15, 0.2) is 0 Å². The number of hydrogen-bond acceptors (Lipinski definition) is 4. The normalized spacial score (nSPS) is 25.9. The van der Waals surface area contributed by atoms with Crippen molar-refractivity contribution in [3.63, 3.8) is 0 Å². The van der Waals surface area contributed by atoms with Gasteiger partial charge < -0.3 is 15.5 Å². The first-order valence-electron chi connectivity index (χ1n) is 7.00. The van der Waals surface area contributed by atoms with Crippen molar-refractivity contribution in [1.82, 2.24) is 15.1 Å². The van der Waals surface area contributed by atoms with Crippen LogP contribution < -0.4 is 11.1 Å². The summed E-state index contributed by atoms with van der Waals surface area (Å²) in [5.74, 6) is -0.512. The Bertz CT molecular complexity index is 435. The van der Waals surface area contributed by atoms with Crippen LogP contribution >= 0.6 is 0 Å². The summed E-state index contributed by atoms with van der Waals surface area (Å²) >= 11 is 0. The second-order valence-electron chi connectivity index (χ2n) is 5.88. The fraction of sp³-hybridized carbons (Fsp3) is 0.769. The number of hydrogen-bond donors (Lipinski definition) is 2. The van der Waals surface area contributed by atoms with Crippen LogP contribution in [0.2, 0.25) is 0 Å². The van der Waals surface area contributed by atoms with Crippen molar-refractivity contribution >= 4 is 17.8 Å². The summed E-state index contributed by atoms with van der Waals surface area (Å²) in [6.07, 6.45) is 2.92. The van der Waals surface area contributed by atoms with E-state index < -0.39 is 11.6 Å². The number of nitrogens with zero attached hydrogens (tertiary/aromatic N) is 2. The lowest BCUT2D eigenvalue weighted by molar-refractivity contribution is -0.136. The smallest absolute Gasteiger partial charge is 0.325 e. The van der Waals surface area contributed by atoms with Gasteiger partial charge in [0.25, 0.3) is 5.91 Å². The van der Waals surface area contributed by atoms with Gasteiger partial charge in [-0.05, 0) is 33.1 Å². The molecule has 4 amide bonds. The second kappa shape index (κ2) is 5.40. The predicted molar refractivity (Wildman–Crippen MR) is 72.7 cm³/mol. The fourth-order valence-corrected chi connectivity index (χ4v) is 2.76. The molecule has 0 bridgehead atoms. The van der Waals surface area contributed by atoms with Crippen LogP contribution in [0.15, 0.2) is 0 Å². The molecule has 2 heterocycles. The van der Waals surface area contributed by atoms with Crippen molar-refractivity contribution < 1.29 is 14.4 Å². The molecule has 0 aromatic rings. The SMILES string of the molecule is CC1(C)C(=O)NC(=O)N1CC(=O)N1CCCCC1CN. The summed E-state index contributed by atoms with van der Waals surface area (Å²) < 4.78 is 0. The maximum atomic E-state index is 12.4. The van der Waals surface area contributed by atoms with E-state index in [-0.39, 0.29) is 24.4 Å². The number of imide groups is 1. The number of nitrogens with two attached hydrogens (primary N) is 1. The van der Waals surface area contributed by atoms with Crippen molar-refractivity contribution in [2.75, 3.05) is 19.6 Å². The molecule has 7 nitrogen and oxygen atoms in total. The molecule has 0 aromatic heterocycles. The Balaban J connectivity index is 2.07. The molecule has 1 atom stereocenters. The largest absolute Gasteiger partial charge is 0.337 e. The molecule has 0 radical (unpaired) electrons. The molecule has 0 spiro atoms. The average molecular weight is 282 g/mol. The molecular formula is C13H22N4O3. The maximum absolute atomic E-state index is 12.4. The van der Waals surface area contributed by atoms with E-state index in [9.17, 15) is 14.4 Å². The van der Waals surface area contributed by atoms with Crippen molar-refractivity contribution in [2.24, 2.45) is 5.73 Å². The van der Waals surface area contributed by atoms with Crippen LogP contribution in [0.25, 0.3) is 0 Å². The molecule has 1 unspecified atom stereocenters. The van der Waals surface area contributed by atoms with Gasteiger partial charge in [-0.25, -0.2) is 4.79 Å². The Morgan fingerprint density at radius 3 is 2.65 bits per heavy atom. The lowest BCUT2D eigenvalue weighted by Gasteiger charge is -2.37. The van der Waals surface area contributed by atoms with E-state index in [1.54, 1.807) is 18.7 Å². The van der Waals surface area contributed by atoms with Gasteiger partial charge in [0, 0.05) is 19.1 Å². The third-order valence-electron chi connectivity index (χ3n) is 4.21. The Hall–Kier alpha value is -1.63. The lowest BCUT2D eigenvalue weighted by atomic mass is 10.0. The Morgan fingerprint density at radius 2 is 2.10 bits per heavy atom. The number of likely N-dealkylation sites (tertiary alicyclic amines) is 1. The molecule has 2 aliphatic rings. The van der Waals surface area contributed by atoms with Gasteiger partial charge >= 0.3 is 6.03 Å². The van der Waals surface area contributed by atoms with Gasteiger partial charge in [-0.2, -0.15) is 0 Å². The van der Waals surface area contributed by atoms with Crippen molar-refractivity contribution in [2.45, 2.75) is 44.7 Å². The minimum absolute atomic E-state index is 0.0423. The summed E-state index contributed by atoms with van der Waals surface area (Å²) in [7, 11) is 0. The first-order chi connectivity index (χ1) is 9.37. The summed E-state index contributed by atoms with van der Waals surface area (Å²) in [4.78, 5) is 38.9. The zero-order valence-electron chi connectivity index (χ0n) is 12.0. The van der Waals surface area contributed by atoms with E-state index in [1.807, 2.05) is 0 Å². The first-order valence-corrected chi connectivity index (χ1v) is 7.00. The summed E-state index contributed by atoms with van der Waals surface area (Å²) in [5.41, 5.74) is 4.72. The van der Waals surface area contributed by atoms with E-state index in [1.165, 1.54) is 4.90 Å². The van der Waals surface area contributed by atoms with Crippen LogP contribution in [-0.2, 0) is 9.59 Å².